The van der Waals surface area contributed by atoms with Crippen LogP contribution in [0.3, 0.4) is 0 Å². The molecule has 0 spiro atoms. The molecular formula is C23H31N5O5S. The molecule has 1 aromatic heterocycles. The van der Waals surface area contributed by atoms with E-state index in [-0.39, 0.29) is 23.1 Å². The summed E-state index contributed by atoms with van der Waals surface area (Å²) in [7, 11) is 0.952. The Labute approximate surface area is 200 Å². The van der Waals surface area contributed by atoms with Gasteiger partial charge in [0.15, 0.2) is 0 Å². The summed E-state index contributed by atoms with van der Waals surface area (Å²) < 4.78 is 37.2. The SMILES string of the molecule is CCC1CC(Oc2ncnc3c2CCN3c2ccc(S(=O)(=O)N(C)C)cc2)CCN1C(=O)OC. The van der Waals surface area contributed by atoms with Gasteiger partial charge in [0.05, 0.1) is 17.6 Å². The Balaban J connectivity index is 1.51. The molecular weight excluding hydrogens is 458 g/mol. The maximum Gasteiger partial charge on any atom is 0.409 e. The molecule has 0 N–H and O–H groups in total. The van der Waals surface area contributed by atoms with E-state index in [4.69, 9.17) is 9.47 Å². The van der Waals surface area contributed by atoms with Gasteiger partial charge in [0.1, 0.15) is 18.2 Å². The molecule has 0 aliphatic carbocycles. The summed E-state index contributed by atoms with van der Waals surface area (Å²) in [5, 5.41) is 0. The van der Waals surface area contributed by atoms with Crippen molar-refractivity contribution in [2.45, 2.75) is 49.6 Å². The van der Waals surface area contributed by atoms with E-state index in [2.05, 4.69) is 16.9 Å². The van der Waals surface area contributed by atoms with E-state index < -0.39 is 10.0 Å². The number of piperidine rings is 1. The second-order valence-corrected chi connectivity index (χ2v) is 10.8. The van der Waals surface area contributed by atoms with Crippen LogP contribution < -0.4 is 9.64 Å². The highest BCUT2D eigenvalue weighted by atomic mass is 32.2. The number of hydrogen-bond donors (Lipinski definition) is 0. The minimum Gasteiger partial charge on any atom is -0.474 e. The molecule has 1 fully saturated rings. The summed E-state index contributed by atoms with van der Waals surface area (Å²) in [6.07, 6.45) is 4.12. The largest absolute Gasteiger partial charge is 0.474 e. The summed E-state index contributed by atoms with van der Waals surface area (Å²) in [6, 6.07) is 6.88. The number of methoxy groups -OCH3 is 1. The van der Waals surface area contributed by atoms with E-state index in [0.717, 1.165) is 36.3 Å². The predicted molar refractivity (Wildman–Crippen MR) is 127 cm³/mol. The lowest BCUT2D eigenvalue weighted by Crippen LogP contribution is -2.48. The molecule has 2 aliphatic heterocycles. The molecule has 0 bridgehead atoms. The van der Waals surface area contributed by atoms with Crippen molar-refractivity contribution in [3.05, 3.63) is 36.2 Å². The van der Waals surface area contributed by atoms with Crippen LogP contribution in [0.2, 0.25) is 0 Å². The number of anilines is 2. The Bertz CT molecular complexity index is 1140. The van der Waals surface area contributed by atoms with Gasteiger partial charge in [-0.2, -0.15) is 0 Å². The minimum atomic E-state index is -3.48. The number of fused-ring (bicyclic) bond motifs is 1. The van der Waals surface area contributed by atoms with Gasteiger partial charge in [-0.25, -0.2) is 27.5 Å². The van der Waals surface area contributed by atoms with Gasteiger partial charge in [-0.1, -0.05) is 6.92 Å². The fourth-order valence-electron chi connectivity index (χ4n) is 4.55. The second-order valence-electron chi connectivity index (χ2n) is 8.65. The molecule has 2 aromatic rings. The van der Waals surface area contributed by atoms with E-state index in [1.165, 1.54) is 31.8 Å². The van der Waals surface area contributed by atoms with Gasteiger partial charge < -0.3 is 19.3 Å². The normalized spacial score (nSPS) is 20.4. The molecule has 10 nitrogen and oxygen atoms in total. The zero-order valence-electron chi connectivity index (χ0n) is 20.0. The minimum absolute atomic E-state index is 0.0468. The molecule has 3 heterocycles. The first-order valence-corrected chi connectivity index (χ1v) is 12.9. The maximum absolute atomic E-state index is 12.4. The highest BCUT2D eigenvalue weighted by Gasteiger charge is 2.34. The van der Waals surface area contributed by atoms with Crippen molar-refractivity contribution in [1.29, 1.82) is 0 Å². The highest BCUT2D eigenvalue weighted by Crippen LogP contribution is 2.38. The summed E-state index contributed by atoms with van der Waals surface area (Å²) in [4.78, 5) is 25.0. The van der Waals surface area contributed by atoms with Crippen molar-refractivity contribution < 1.29 is 22.7 Å². The van der Waals surface area contributed by atoms with Crippen molar-refractivity contribution >= 4 is 27.6 Å². The molecule has 184 valence electrons. The van der Waals surface area contributed by atoms with Crippen molar-refractivity contribution in [3.63, 3.8) is 0 Å². The Morgan fingerprint density at radius 1 is 1.18 bits per heavy atom. The molecule has 2 aliphatic rings. The number of benzene rings is 1. The number of nitrogens with zero attached hydrogens (tertiary/aromatic N) is 5. The molecule has 2 atom stereocenters. The van der Waals surface area contributed by atoms with Crippen LogP contribution in [0.15, 0.2) is 35.5 Å². The third-order valence-corrected chi connectivity index (χ3v) is 8.31. The molecule has 1 aromatic carbocycles. The zero-order valence-corrected chi connectivity index (χ0v) is 20.8. The van der Waals surface area contributed by atoms with E-state index in [1.54, 1.807) is 29.2 Å². The monoisotopic (exact) mass is 489 g/mol. The first kappa shape index (κ1) is 24.2. The maximum atomic E-state index is 12.4. The fraction of sp³-hybridized carbons (Fsp3) is 0.522. The van der Waals surface area contributed by atoms with Crippen LogP contribution in [0, 0.1) is 0 Å². The highest BCUT2D eigenvalue weighted by molar-refractivity contribution is 7.89. The number of carbonyl (C=O) groups is 1. The summed E-state index contributed by atoms with van der Waals surface area (Å²) in [6.45, 7) is 3.33. The second kappa shape index (κ2) is 9.75. The van der Waals surface area contributed by atoms with Crippen LogP contribution in [0.5, 0.6) is 5.88 Å². The van der Waals surface area contributed by atoms with Gasteiger partial charge in [-0.15, -0.1) is 0 Å². The van der Waals surface area contributed by atoms with Gasteiger partial charge in [0, 0.05) is 51.8 Å². The van der Waals surface area contributed by atoms with Crippen molar-refractivity contribution in [2.75, 3.05) is 39.2 Å². The van der Waals surface area contributed by atoms with Crippen molar-refractivity contribution in [2.24, 2.45) is 0 Å². The van der Waals surface area contributed by atoms with Crippen molar-refractivity contribution in [1.82, 2.24) is 19.2 Å². The van der Waals surface area contributed by atoms with Gasteiger partial charge in [0.25, 0.3) is 0 Å². The Morgan fingerprint density at radius 2 is 1.91 bits per heavy atom. The molecule has 34 heavy (non-hydrogen) atoms. The zero-order chi connectivity index (χ0) is 24.5. The number of hydrogen-bond acceptors (Lipinski definition) is 8. The molecule has 0 radical (unpaired) electrons. The van der Waals surface area contributed by atoms with Gasteiger partial charge >= 0.3 is 6.09 Å². The molecule has 1 saturated heterocycles. The lowest BCUT2D eigenvalue weighted by atomic mass is 9.98. The first-order chi connectivity index (χ1) is 16.3. The molecule has 2 unspecified atom stereocenters. The lowest BCUT2D eigenvalue weighted by molar-refractivity contribution is 0.0431. The number of rotatable bonds is 6. The molecule has 1 amide bonds. The van der Waals surface area contributed by atoms with E-state index in [1.807, 2.05) is 4.90 Å². The number of aromatic nitrogens is 2. The molecule has 11 heteroatoms. The van der Waals surface area contributed by atoms with Crippen LogP contribution in [0.1, 0.15) is 31.7 Å². The summed E-state index contributed by atoms with van der Waals surface area (Å²) >= 11 is 0. The van der Waals surface area contributed by atoms with E-state index in [0.29, 0.717) is 25.4 Å². The summed E-state index contributed by atoms with van der Waals surface area (Å²) in [5.41, 5.74) is 1.80. The number of amides is 1. The van der Waals surface area contributed by atoms with Crippen molar-refractivity contribution in [3.8, 4) is 5.88 Å². The quantitative estimate of drug-likeness (QED) is 0.610. The average molecular weight is 490 g/mol. The number of ether oxygens (including phenoxy) is 2. The van der Waals surface area contributed by atoms with Crippen LogP contribution >= 0.6 is 0 Å². The predicted octanol–water partition coefficient (Wildman–Crippen LogP) is 2.81. The van der Waals surface area contributed by atoms with Crippen LogP contribution in [0.4, 0.5) is 16.3 Å². The average Bonchev–Trinajstić information content (AvgIpc) is 3.28. The fourth-order valence-corrected chi connectivity index (χ4v) is 5.46. The van der Waals surface area contributed by atoms with Crippen LogP contribution in [0.25, 0.3) is 0 Å². The van der Waals surface area contributed by atoms with Gasteiger partial charge in [-0.05, 0) is 37.1 Å². The Morgan fingerprint density at radius 3 is 2.56 bits per heavy atom. The number of sulfonamides is 1. The lowest BCUT2D eigenvalue weighted by Gasteiger charge is -2.38. The third-order valence-electron chi connectivity index (χ3n) is 6.48. The van der Waals surface area contributed by atoms with Crippen LogP contribution in [-0.4, -0.2) is 80.1 Å². The third kappa shape index (κ3) is 4.54. The Kier molecular flexibility index (Phi) is 6.94. The van der Waals surface area contributed by atoms with Gasteiger partial charge in [-0.3, -0.25) is 0 Å². The van der Waals surface area contributed by atoms with Gasteiger partial charge in [0.2, 0.25) is 15.9 Å². The van der Waals surface area contributed by atoms with Crippen LogP contribution in [-0.2, 0) is 21.2 Å². The molecule has 4 rings (SSSR count). The first-order valence-electron chi connectivity index (χ1n) is 11.4. The topological polar surface area (TPSA) is 105 Å². The number of carbonyl (C=O) groups excluding carboxylic acids is 1. The standard InChI is InChI=1S/C23H31N5O5S/c1-5-16-14-18(10-12-28(16)23(29)32-4)33-22-20-11-13-27(21(20)24-15-25-22)17-6-8-19(9-7-17)34(30,31)26(2)3/h6-9,15-16,18H,5,10-14H2,1-4H3. The molecule has 0 saturated carbocycles. The summed E-state index contributed by atoms with van der Waals surface area (Å²) in [5.74, 6) is 1.35. The van der Waals surface area contributed by atoms with E-state index >= 15 is 0 Å². The smallest absolute Gasteiger partial charge is 0.409 e. The number of likely N-dealkylation sites (tertiary alicyclic amines) is 1. The Hall–Kier alpha value is -2.92. The van der Waals surface area contributed by atoms with E-state index in [9.17, 15) is 13.2 Å².